The van der Waals surface area contributed by atoms with Gasteiger partial charge >= 0.3 is 5.97 Å². The van der Waals surface area contributed by atoms with Gasteiger partial charge in [-0.1, -0.05) is 0 Å². The Morgan fingerprint density at radius 1 is 1.28 bits per heavy atom. The molecular weight excluding hydrogens is 318 g/mol. The number of fused-ring (bicyclic) bond motifs is 1. The van der Waals surface area contributed by atoms with E-state index in [9.17, 15) is 9.90 Å². The molecule has 7 heteroatoms. The molecule has 1 aliphatic carbocycles. The van der Waals surface area contributed by atoms with E-state index in [2.05, 4.69) is 29.0 Å². The van der Waals surface area contributed by atoms with Crippen LogP contribution in [0.25, 0.3) is 22.2 Å². The molecule has 3 aromatic heterocycles. The Bertz CT molecular complexity index is 981. The Morgan fingerprint density at radius 3 is 2.64 bits per heavy atom. The van der Waals surface area contributed by atoms with E-state index >= 15 is 0 Å². The normalized spacial score (nSPS) is 14.4. The lowest BCUT2D eigenvalue weighted by Crippen LogP contribution is -2.10. The monoisotopic (exact) mass is 339 g/mol. The van der Waals surface area contributed by atoms with Crippen molar-refractivity contribution >= 4 is 17.0 Å². The number of hydrogen-bond donors (Lipinski definition) is 1. The van der Waals surface area contributed by atoms with E-state index in [4.69, 9.17) is 0 Å². The molecule has 0 amide bonds. The van der Waals surface area contributed by atoms with Crippen LogP contribution in [0.4, 0.5) is 0 Å². The summed E-state index contributed by atoms with van der Waals surface area (Å²) in [6, 6.07) is 2.00. The van der Waals surface area contributed by atoms with Crippen molar-refractivity contribution in [3.8, 4) is 11.1 Å². The first-order valence-electron chi connectivity index (χ1n) is 8.62. The molecule has 0 saturated heterocycles. The van der Waals surface area contributed by atoms with Crippen molar-refractivity contribution in [2.45, 2.75) is 52.6 Å². The van der Waals surface area contributed by atoms with E-state index in [1.807, 2.05) is 17.7 Å². The van der Waals surface area contributed by atoms with Gasteiger partial charge in [0.25, 0.3) is 0 Å². The number of aromatic nitrogens is 5. The fraction of sp³-hybridized carbons (Fsp3) is 0.444. The summed E-state index contributed by atoms with van der Waals surface area (Å²) < 4.78 is 3.51. The van der Waals surface area contributed by atoms with Gasteiger partial charge in [0, 0.05) is 29.9 Å². The van der Waals surface area contributed by atoms with Crippen molar-refractivity contribution in [3.05, 3.63) is 29.3 Å². The summed E-state index contributed by atoms with van der Waals surface area (Å²) in [6.45, 7) is 6.80. The standard InChI is InChI=1S/C18H21N5O2/c1-4-22-11(3)15(10(2)20-22)13-7-8-19-18-16(13)17(12-5-6-12)21-23(18)9-14(24)25/h7-8,12H,4-6,9H2,1-3H3,(H,24,25). The van der Waals surface area contributed by atoms with E-state index in [-0.39, 0.29) is 6.54 Å². The summed E-state index contributed by atoms with van der Waals surface area (Å²) in [5.74, 6) is -0.507. The average Bonchev–Trinajstić information content (AvgIpc) is 3.29. The molecule has 4 rings (SSSR count). The molecule has 0 radical (unpaired) electrons. The van der Waals surface area contributed by atoms with Crippen LogP contribution in [0.15, 0.2) is 12.3 Å². The Hall–Kier alpha value is -2.70. The first-order chi connectivity index (χ1) is 12.0. The lowest BCUT2D eigenvalue weighted by Gasteiger charge is -2.06. The minimum atomic E-state index is -0.912. The molecule has 3 aromatic rings. The molecular formula is C18H21N5O2. The van der Waals surface area contributed by atoms with Crippen LogP contribution in [-0.4, -0.2) is 35.6 Å². The first kappa shape index (κ1) is 15.8. The lowest BCUT2D eigenvalue weighted by atomic mass is 9.99. The van der Waals surface area contributed by atoms with Crippen molar-refractivity contribution < 1.29 is 9.90 Å². The van der Waals surface area contributed by atoms with Gasteiger partial charge in [-0.3, -0.25) is 9.48 Å². The number of aryl methyl sites for hydroxylation is 2. The predicted octanol–water partition coefficient (Wildman–Crippen LogP) is 2.89. The molecule has 0 aliphatic heterocycles. The van der Waals surface area contributed by atoms with Gasteiger partial charge in [-0.15, -0.1) is 0 Å². The number of aliphatic carboxylic acids is 1. The van der Waals surface area contributed by atoms with Crippen LogP contribution < -0.4 is 0 Å². The maximum Gasteiger partial charge on any atom is 0.325 e. The summed E-state index contributed by atoms with van der Waals surface area (Å²) in [7, 11) is 0. The zero-order chi connectivity index (χ0) is 17.7. The molecule has 0 bridgehead atoms. The van der Waals surface area contributed by atoms with Crippen molar-refractivity contribution in [2.75, 3.05) is 0 Å². The van der Waals surface area contributed by atoms with E-state index in [1.54, 1.807) is 6.20 Å². The van der Waals surface area contributed by atoms with Crippen LogP contribution in [0.1, 0.15) is 42.8 Å². The number of carbonyl (C=O) groups is 1. The molecule has 7 nitrogen and oxygen atoms in total. The number of carboxylic acid groups (broad SMARTS) is 1. The number of pyridine rings is 1. The topological polar surface area (TPSA) is 85.8 Å². The molecule has 0 spiro atoms. The number of nitrogens with zero attached hydrogens (tertiary/aromatic N) is 5. The van der Waals surface area contributed by atoms with Crippen LogP contribution in [-0.2, 0) is 17.9 Å². The Balaban J connectivity index is 2.01. The van der Waals surface area contributed by atoms with Crippen molar-refractivity contribution in [3.63, 3.8) is 0 Å². The third-order valence-corrected chi connectivity index (χ3v) is 4.86. The minimum absolute atomic E-state index is 0.175. The molecule has 1 fully saturated rings. The highest BCUT2D eigenvalue weighted by Crippen LogP contribution is 2.45. The molecule has 25 heavy (non-hydrogen) atoms. The third kappa shape index (κ3) is 2.50. The summed E-state index contributed by atoms with van der Waals surface area (Å²) in [4.78, 5) is 15.7. The summed E-state index contributed by atoms with van der Waals surface area (Å²) in [5, 5.41) is 19.4. The van der Waals surface area contributed by atoms with Crippen LogP contribution in [0.3, 0.4) is 0 Å². The fourth-order valence-corrected chi connectivity index (χ4v) is 3.61. The molecule has 130 valence electrons. The molecule has 0 atom stereocenters. The molecule has 1 saturated carbocycles. The molecule has 1 N–H and O–H groups in total. The zero-order valence-electron chi connectivity index (χ0n) is 14.7. The second kappa shape index (κ2) is 5.68. The van der Waals surface area contributed by atoms with Crippen LogP contribution in [0.2, 0.25) is 0 Å². The maximum atomic E-state index is 11.2. The van der Waals surface area contributed by atoms with Gasteiger partial charge in [0.1, 0.15) is 6.54 Å². The third-order valence-electron chi connectivity index (χ3n) is 4.86. The second-order valence-corrected chi connectivity index (χ2v) is 6.63. The molecule has 0 unspecified atom stereocenters. The minimum Gasteiger partial charge on any atom is -0.480 e. The zero-order valence-corrected chi connectivity index (χ0v) is 14.7. The van der Waals surface area contributed by atoms with Crippen molar-refractivity contribution in [1.29, 1.82) is 0 Å². The number of hydrogen-bond acceptors (Lipinski definition) is 4. The van der Waals surface area contributed by atoms with E-state index in [0.717, 1.165) is 53.0 Å². The Kier molecular flexibility index (Phi) is 3.59. The Labute approximate surface area is 145 Å². The average molecular weight is 339 g/mol. The molecule has 0 aromatic carbocycles. The fourth-order valence-electron chi connectivity index (χ4n) is 3.61. The van der Waals surface area contributed by atoms with E-state index < -0.39 is 5.97 Å². The van der Waals surface area contributed by atoms with Crippen LogP contribution in [0.5, 0.6) is 0 Å². The predicted molar refractivity (Wildman–Crippen MR) is 93.5 cm³/mol. The van der Waals surface area contributed by atoms with Crippen LogP contribution >= 0.6 is 0 Å². The smallest absolute Gasteiger partial charge is 0.325 e. The van der Waals surface area contributed by atoms with E-state index in [0.29, 0.717) is 11.6 Å². The number of rotatable bonds is 5. The SMILES string of the molecule is CCn1nc(C)c(-c2ccnc3c2c(C2CC2)nn3CC(=O)O)c1C. The van der Waals surface area contributed by atoms with Gasteiger partial charge in [0.05, 0.1) is 16.8 Å². The van der Waals surface area contributed by atoms with Gasteiger partial charge in [0.15, 0.2) is 5.65 Å². The summed E-state index contributed by atoms with van der Waals surface area (Å²) in [5.41, 5.74) is 5.86. The van der Waals surface area contributed by atoms with Gasteiger partial charge in [-0.05, 0) is 45.2 Å². The first-order valence-corrected chi connectivity index (χ1v) is 8.62. The lowest BCUT2D eigenvalue weighted by molar-refractivity contribution is -0.137. The number of carboxylic acids is 1. The van der Waals surface area contributed by atoms with Gasteiger partial charge in [-0.25, -0.2) is 9.67 Å². The summed E-state index contributed by atoms with van der Waals surface area (Å²) in [6.07, 6.45) is 3.93. The van der Waals surface area contributed by atoms with Crippen molar-refractivity contribution in [2.24, 2.45) is 0 Å². The quantitative estimate of drug-likeness (QED) is 0.772. The largest absolute Gasteiger partial charge is 0.480 e. The maximum absolute atomic E-state index is 11.2. The Morgan fingerprint density at radius 2 is 2.04 bits per heavy atom. The van der Waals surface area contributed by atoms with Gasteiger partial charge < -0.3 is 5.11 Å². The van der Waals surface area contributed by atoms with Gasteiger partial charge in [-0.2, -0.15) is 10.2 Å². The van der Waals surface area contributed by atoms with Crippen molar-refractivity contribution in [1.82, 2.24) is 24.5 Å². The highest BCUT2D eigenvalue weighted by atomic mass is 16.4. The highest BCUT2D eigenvalue weighted by molar-refractivity contribution is 5.97. The second-order valence-electron chi connectivity index (χ2n) is 6.63. The molecule has 1 aliphatic rings. The van der Waals surface area contributed by atoms with E-state index in [1.165, 1.54) is 4.68 Å². The highest BCUT2D eigenvalue weighted by Gasteiger charge is 2.32. The summed E-state index contributed by atoms with van der Waals surface area (Å²) >= 11 is 0. The van der Waals surface area contributed by atoms with Crippen LogP contribution in [0, 0.1) is 13.8 Å². The molecule has 3 heterocycles. The van der Waals surface area contributed by atoms with Gasteiger partial charge in [0.2, 0.25) is 0 Å².